The van der Waals surface area contributed by atoms with Crippen molar-refractivity contribution in [2.75, 3.05) is 19.7 Å². The van der Waals surface area contributed by atoms with Crippen molar-refractivity contribution in [2.24, 2.45) is 5.41 Å². The van der Waals surface area contributed by atoms with Crippen LogP contribution in [-0.4, -0.2) is 42.6 Å². The molecule has 23 heavy (non-hydrogen) atoms. The Labute approximate surface area is 134 Å². The molecule has 0 bridgehead atoms. The number of para-hydroxylation sites is 1. The molecule has 1 aromatic carbocycles. The largest absolute Gasteiger partial charge is 0.493 e. The van der Waals surface area contributed by atoms with Crippen LogP contribution in [-0.2, 0) is 9.59 Å². The molecule has 2 amide bonds. The lowest BCUT2D eigenvalue weighted by atomic mass is 10.1. The van der Waals surface area contributed by atoms with Gasteiger partial charge in [0, 0.05) is 6.54 Å². The van der Waals surface area contributed by atoms with E-state index in [4.69, 9.17) is 9.84 Å². The minimum atomic E-state index is -0.896. The van der Waals surface area contributed by atoms with Crippen LogP contribution in [0.15, 0.2) is 24.3 Å². The van der Waals surface area contributed by atoms with Gasteiger partial charge in [-0.15, -0.1) is 0 Å². The summed E-state index contributed by atoms with van der Waals surface area (Å²) >= 11 is 0. The van der Waals surface area contributed by atoms with E-state index in [9.17, 15) is 14.4 Å². The summed E-state index contributed by atoms with van der Waals surface area (Å²) in [7, 11) is 0. The summed E-state index contributed by atoms with van der Waals surface area (Å²) < 4.78 is 5.37. The van der Waals surface area contributed by atoms with E-state index in [0.717, 1.165) is 0 Å². The quantitative estimate of drug-likeness (QED) is 0.657. The average Bonchev–Trinajstić information content (AvgIpc) is 3.33. The Morgan fingerprint density at radius 3 is 2.52 bits per heavy atom. The number of aliphatic carboxylic acids is 1. The summed E-state index contributed by atoms with van der Waals surface area (Å²) in [5.41, 5.74) is -0.465. The second kappa shape index (κ2) is 7.13. The van der Waals surface area contributed by atoms with E-state index in [1.165, 1.54) is 0 Å². The van der Waals surface area contributed by atoms with Gasteiger partial charge in [-0.1, -0.05) is 12.1 Å². The van der Waals surface area contributed by atoms with Gasteiger partial charge < -0.3 is 20.5 Å². The molecule has 7 nitrogen and oxygen atoms in total. The molecule has 0 heterocycles. The lowest BCUT2D eigenvalue weighted by Gasteiger charge is -2.12. The number of carboxylic acid groups (broad SMARTS) is 1. The van der Waals surface area contributed by atoms with Crippen LogP contribution in [0, 0.1) is 5.41 Å². The van der Waals surface area contributed by atoms with Gasteiger partial charge in [0.2, 0.25) is 5.91 Å². The average molecular weight is 320 g/mol. The number of carbonyl (C=O) groups excluding carboxylic acids is 2. The first-order valence-corrected chi connectivity index (χ1v) is 7.48. The van der Waals surface area contributed by atoms with E-state index in [1.807, 2.05) is 6.92 Å². The molecule has 0 unspecified atom stereocenters. The number of amides is 2. The molecule has 0 atom stereocenters. The topological polar surface area (TPSA) is 105 Å². The van der Waals surface area contributed by atoms with Crippen LogP contribution in [0.3, 0.4) is 0 Å². The maximum Gasteiger partial charge on any atom is 0.311 e. The highest BCUT2D eigenvalue weighted by atomic mass is 16.5. The van der Waals surface area contributed by atoms with Gasteiger partial charge in [-0.3, -0.25) is 14.4 Å². The number of ether oxygens (including phenoxy) is 1. The fourth-order valence-corrected chi connectivity index (χ4v) is 2.14. The van der Waals surface area contributed by atoms with Crippen molar-refractivity contribution in [1.29, 1.82) is 0 Å². The second-order valence-electron chi connectivity index (χ2n) is 5.47. The molecule has 124 valence electrons. The van der Waals surface area contributed by atoms with E-state index < -0.39 is 23.2 Å². The van der Waals surface area contributed by atoms with Crippen LogP contribution < -0.4 is 15.4 Å². The zero-order chi connectivity index (χ0) is 16.9. The van der Waals surface area contributed by atoms with Gasteiger partial charge in [0.15, 0.2) is 0 Å². The Balaban J connectivity index is 1.82. The van der Waals surface area contributed by atoms with Crippen molar-refractivity contribution in [3.8, 4) is 5.75 Å². The number of hydrogen-bond acceptors (Lipinski definition) is 4. The zero-order valence-corrected chi connectivity index (χ0v) is 12.9. The molecule has 1 fully saturated rings. The van der Waals surface area contributed by atoms with Crippen molar-refractivity contribution >= 4 is 17.8 Å². The fourth-order valence-electron chi connectivity index (χ4n) is 2.14. The Morgan fingerprint density at radius 1 is 1.22 bits per heavy atom. The highest BCUT2D eigenvalue weighted by molar-refractivity contribution is 5.98. The molecule has 0 saturated heterocycles. The maximum absolute atomic E-state index is 12.1. The number of hydrogen-bond donors (Lipinski definition) is 3. The normalized spacial score (nSPS) is 14.7. The van der Waals surface area contributed by atoms with Crippen molar-refractivity contribution in [1.82, 2.24) is 10.6 Å². The molecule has 1 aliphatic rings. The van der Waals surface area contributed by atoms with E-state index >= 15 is 0 Å². The molecule has 1 saturated carbocycles. The Bertz CT molecular complexity index is 610. The molecule has 1 aliphatic carbocycles. The summed E-state index contributed by atoms with van der Waals surface area (Å²) in [6.07, 6.45) is 1.13. The predicted octanol–water partition coefficient (Wildman–Crippen LogP) is 0.796. The Kier molecular flexibility index (Phi) is 5.20. The SMILES string of the molecule is CCOc1ccccc1C(=O)NCC(=O)NCC1(C(=O)O)CC1. The molecule has 1 aromatic rings. The first-order valence-electron chi connectivity index (χ1n) is 7.48. The molecule has 0 aromatic heterocycles. The standard InChI is InChI=1S/C16H20N2O5/c1-2-23-12-6-4-3-5-11(12)14(20)17-9-13(19)18-10-16(7-8-16)15(21)22/h3-6H,2,7-10H2,1H3,(H,17,20)(H,18,19)(H,21,22). The first kappa shape index (κ1) is 16.8. The van der Waals surface area contributed by atoms with Crippen LogP contribution >= 0.6 is 0 Å². The molecular formula is C16H20N2O5. The van der Waals surface area contributed by atoms with Gasteiger partial charge in [-0.2, -0.15) is 0 Å². The predicted molar refractivity (Wildman–Crippen MR) is 82.3 cm³/mol. The van der Waals surface area contributed by atoms with Gasteiger partial charge in [-0.25, -0.2) is 0 Å². The Hall–Kier alpha value is -2.57. The maximum atomic E-state index is 12.1. The third-order valence-corrected chi connectivity index (χ3v) is 3.77. The summed E-state index contributed by atoms with van der Waals surface area (Å²) in [6.45, 7) is 2.13. The summed E-state index contributed by atoms with van der Waals surface area (Å²) in [6, 6.07) is 6.76. The van der Waals surface area contributed by atoms with E-state index in [-0.39, 0.29) is 13.1 Å². The number of rotatable bonds is 8. The summed E-state index contributed by atoms with van der Waals surface area (Å²) in [5, 5.41) is 14.1. The number of carbonyl (C=O) groups is 3. The highest BCUT2D eigenvalue weighted by Gasteiger charge is 2.50. The van der Waals surface area contributed by atoms with Crippen molar-refractivity contribution in [3.63, 3.8) is 0 Å². The molecule has 0 radical (unpaired) electrons. The summed E-state index contributed by atoms with van der Waals surface area (Å²) in [4.78, 5) is 34.8. The minimum absolute atomic E-state index is 0.0899. The second-order valence-corrected chi connectivity index (χ2v) is 5.47. The van der Waals surface area contributed by atoms with Crippen LogP contribution in [0.4, 0.5) is 0 Å². The van der Waals surface area contributed by atoms with Crippen LogP contribution in [0.1, 0.15) is 30.1 Å². The first-order chi connectivity index (χ1) is 11.0. The number of benzene rings is 1. The lowest BCUT2D eigenvalue weighted by molar-refractivity contribution is -0.143. The van der Waals surface area contributed by atoms with Gasteiger partial charge in [0.25, 0.3) is 5.91 Å². The fraction of sp³-hybridized carbons (Fsp3) is 0.438. The molecule has 3 N–H and O–H groups in total. The minimum Gasteiger partial charge on any atom is -0.493 e. The van der Waals surface area contributed by atoms with Gasteiger partial charge in [0.1, 0.15) is 5.75 Å². The molecular weight excluding hydrogens is 300 g/mol. The van der Waals surface area contributed by atoms with E-state index in [2.05, 4.69) is 10.6 Å². The van der Waals surface area contributed by atoms with Gasteiger partial charge in [-0.05, 0) is 31.9 Å². The van der Waals surface area contributed by atoms with Crippen molar-refractivity contribution in [3.05, 3.63) is 29.8 Å². The molecule has 7 heteroatoms. The third-order valence-electron chi connectivity index (χ3n) is 3.77. The monoisotopic (exact) mass is 320 g/mol. The molecule has 0 aliphatic heterocycles. The van der Waals surface area contributed by atoms with Crippen LogP contribution in [0.5, 0.6) is 5.75 Å². The van der Waals surface area contributed by atoms with Gasteiger partial charge >= 0.3 is 5.97 Å². The molecule has 0 spiro atoms. The lowest BCUT2D eigenvalue weighted by Crippen LogP contribution is -2.40. The highest BCUT2D eigenvalue weighted by Crippen LogP contribution is 2.45. The smallest absolute Gasteiger partial charge is 0.311 e. The van der Waals surface area contributed by atoms with Crippen LogP contribution in [0.25, 0.3) is 0 Å². The van der Waals surface area contributed by atoms with Crippen molar-refractivity contribution < 1.29 is 24.2 Å². The number of nitrogens with one attached hydrogen (secondary N) is 2. The molecule has 2 rings (SSSR count). The van der Waals surface area contributed by atoms with Crippen molar-refractivity contribution in [2.45, 2.75) is 19.8 Å². The Morgan fingerprint density at radius 2 is 1.91 bits per heavy atom. The number of carboxylic acids is 1. The summed E-state index contributed by atoms with van der Waals surface area (Å²) in [5.74, 6) is -1.27. The zero-order valence-electron chi connectivity index (χ0n) is 12.9. The van der Waals surface area contributed by atoms with E-state index in [1.54, 1.807) is 24.3 Å². The van der Waals surface area contributed by atoms with Crippen LogP contribution in [0.2, 0.25) is 0 Å². The third kappa shape index (κ3) is 4.21. The van der Waals surface area contributed by atoms with Gasteiger partial charge in [0.05, 0.1) is 24.1 Å². The van der Waals surface area contributed by atoms with E-state index in [0.29, 0.717) is 30.8 Å².